The lowest BCUT2D eigenvalue weighted by Gasteiger charge is -2.25. The Balaban J connectivity index is 5.00. The zero-order valence-electron chi connectivity index (χ0n) is 15.6. The van der Waals surface area contributed by atoms with Crippen molar-refractivity contribution in [3.63, 3.8) is 0 Å². The number of hydrogen-bond donors (Lipinski definition) is 8. The molecular weight excluding hydrogens is 380 g/mol. The molecule has 6 atom stereocenters. The fraction of sp³-hybridized carbons (Fsp3) is 0.667. The standard InChI is InChI=1S/C15H26N4O9/c1-5(12(24)19-11(7(3)21)15(27)28)17-14(26)10(6(2)20)18-13(25)8(16)4-9(22)23/h5-8,10-11,20-21H,4,16H2,1-3H3,(H,17,26)(H,18,25)(H,19,24)(H,22,23)(H,27,28). The number of carboxylic acids is 2. The summed E-state index contributed by atoms with van der Waals surface area (Å²) in [4.78, 5) is 57.7. The van der Waals surface area contributed by atoms with E-state index in [1.807, 2.05) is 5.32 Å². The first-order valence-electron chi connectivity index (χ1n) is 8.25. The minimum Gasteiger partial charge on any atom is -0.481 e. The van der Waals surface area contributed by atoms with Crippen molar-refractivity contribution in [1.82, 2.24) is 16.0 Å². The summed E-state index contributed by atoms with van der Waals surface area (Å²) < 4.78 is 0. The highest BCUT2D eigenvalue weighted by atomic mass is 16.4. The Morgan fingerprint density at radius 3 is 1.64 bits per heavy atom. The molecule has 13 nitrogen and oxygen atoms in total. The topological polar surface area (TPSA) is 228 Å². The first kappa shape index (κ1) is 25.2. The van der Waals surface area contributed by atoms with Gasteiger partial charge in [0.05, 0.1) is 24.7 Å². The van der Waals surface area contributed by atoms with Gasteiger partial charge in [0, 0.05) is 0 Å². The van der Waals surface area contributed by atoms with E-state index in [1.165, 1.54) is 13.8 Å². The van der Waals surface area contributed by atoms with Gasteiger partial charge in [0.25, 0.3) is 0 Å². The molecule has 0 aromatic rings. The molecule has 13 heteroatoms. The van der Waals surface area contributed by atoms with Crippen molar-refractivity contribution in [2.75, 3.05) is 0 Å². The monoisotopic (exact) mass is 406 g/mol. The molecule has 9 N–H and O–H groups in total. The average Bonchev–Trinajstić information content (AvgIpc) is 2.54. The van der Waals surface area contributed by atoms with Gasteiger partial charge in [0.2, 0.25) is 17.7 Å². The van der Waals surface area contributed by atoms with Gasteiger partial charge in [-0.3, -0.25) is 19.2 Å². The van der Waals surface area contributed by atoms with Gasteiger partial charge >= 0.3 is 11.9 Å². The van der Waals surface area contributed by atoms with Crippen molar-refractivity contribution in [3.05, 3.63) is 0 Å². The van der Waals surface area contributed by atoms with Gasteiger partial charge in [-0.25, -0.2) is 4.79 Å². The van der Waals surface area contributed by atoms with Gasteiger partial charge in [0.1, 0.15) is 12.1 Å². The van der Waals surface area contributed by atoms with Crippen molar-refractivity contribution >= 4 is 29.7 Å². The highest BCUT2D eigenvalue weighted by Gasteiger charge is 2.32. The number of nitrogens with one attached hydrogen (secondary N) is 3. The molecule has 0 aliphatic rings. The summed E-state index contributed by atoms with van der Waals surface area (Å²) in [5.74, 6) is -5.74. The van der Waals surface area contributed by atoms with Crippen molar-refractivity contribution in [1.29, 1.82) is 0 Å². The largest absolute Gasteiger partial charge is 0.481 e. The molecule has 0 aromatic carbocycles. The van der Waals surface area contributed by atoms with Gasteiger partial charge in [-0.15, -0.1) is 0 Å². The van der Waals surface area contributed by atoms with Crippen LogP contribution < -0.4 is 21.7 Å². The SMILES string of the molecule is CC(NC(=O)C(NC(=O)C(N)CC(=O)O)C(C)O)C(=O)NC(C(=O)O)C(C)O. The Hall–Kier alpha value is -2.77. The summed E-state index contributed by atoms with van der Waals surface area (Å²) in [6, 6.07) is -5.89. The maximum absolute atomic E-state index is 12.2. The van der Waals surface area contributed by atoms with E-state index in [0.29, 0.717) is 0 Å². The van der Waals surface area contributed by atoms with Crippen LogP contribution in [0.1, 0.15) is 27.2 Å². The van der Waals surface area contributed by atoms with Gasteiger partial charge in [0.15, 0.2) is 6.04 Å². The van der Waals surface area contributed by atoms with E-state index in [2.05, 4.69) is 10.6 Å². The molecule has 0 saturated carbocycles. The molecule has 0 rings (SSSR count). The molecule has 6 unspecified atom stereocenters. The molecule has 3 amide bonds. The van der Waals surface area contributed by atoms with Crippen molar-refractivity contribution in [2.45, 2.75) is 63.6 Å². The molecule has 0 spiro atoms. The second-order valence-electron chi connectivity index (χ2n) is 6.23. The predicted octanol–water partition coefficient (Wildman–Crippen LogP) is -3.89. The zero-order valence-corrected chi connectivity index (χ0v) is 15.6. The van der Waals surface area contributed by atoms with Gasteiger partial charge < -0.3 is 42.1 Å². The minimum absolute atomic E-state index is 0.700. The van der Waals surface area contributed by atoms with Crippen LogP contribution in [0, 0.1) is 0 Å². The Morgan fingerprint density at radius 2 is 1.25 bits per heavy atom. The van der Waals surface area contributed by atoms with E-state index in [1.54, 1.807) is 0 Å². The number of aliphatic hydroxyl groups excluding tert-OH is 2. The summed E-state index contributed by atoms with van der Waals surface area (Å²) in [7, 11) is 0. The molecule has 0 fully saturated rings. The van der Waals surface area contributed by atoms with E-state index >= 15 is 0 Å². The summed E-state index contributed by atoms with van der Waals surface area (Å²) in [5, 5.41) is 42.9. The summed E-state index contributed by atoms with van der Waals surface area (Å²) in [6.07, 6.45) is -3.51. The Morgan fingerprint density at radius 1 is 0.786 bits per heavy atom. The number of aliphatic carboxylic acids is 2. The van der Waals surface area contributed by atoms with Crippen LogP contribution in [0.2, 0.25) is 0 Å². The summed E-state index contributed by atoms with van der Waals surface area (Å²) in [5.41, 5.74) is 5.38. The first-order valence-corrected chi connectivity index (χ1v) is 8.25. The normalized spacial score (nSPS) is 17.2. The van der Waals surface area contributed by atoms with Crippen LogP contribution in [-0.2, 0) is 24.0 Å². The molecule has 0 aliphatic heterocycles. The third kappa shape index (κ3) is 8.28. The molecule has 0 saturated heterocycles. The number of carboxylic acid groups (broad SMARTS) is 2. The number of nitrogens with two attached hydrogens (primary N) is 1. The van der Waals surface area contributed by atoms with E-state index in [9.17, 15) is 34.2 Å². The van der Waals surface area contributed by atoms with E-state index in [0.717, 1.165) is 6.92 Å². The van der Waals surface area contributed by atoms with E-state index in [4.69, 9.17) is 15.9 Å². The van der Waals surface area contributed by atoms with Gasteiger partial charge in [-0.05, 0) is 20.8 Å². The van der Waals surface area contributed by atoms with Gasteiger partial charge in [-0.2, -0.15) is 0 Å². The number of carbonyl (C=O) groups is 5. The van der Waals surface area contributed by atoms with Crippen LogP contribution in [0.15, 0.2) is 0 Å². The first-order chi connectivity index (χ1) is 12.8. The molecule has 0 heterocycles. The number of aliphatic hydroxyl groups is 2. The summed E-state index contributed by atoms with van der Waals surface area (Å²) >= 11 is 0. The Labute approximate surface area is 160 Å². The fourth-order valence-corrected chi connectivity index (χ4v) is 1.98. The van der Waals surface area contributed by atoms with Gasteiger partial charge in [-0.1, -0.05) is 0 Å². The maximum Gasteiger partial charge on any atom is 0.328 e. The molecule has 0 bridgehead atoms. The van der Waals surface area contributed by atoms with E-state index < -0.39 is 72.5 Å². The quantitative estimate of drug-likeness (QED) is 0.166. The third-order valence-corrected chi connectivity index (χ3v) is 3.59. The highest BCUT2D eigenvalue weighted by Crippen LogP contribution is 1.99. The fourth-order valence-electron chi connectivity index (χ4n) is 1.98. The second-order valence-corrected chi connectivity index (χ2v) is 6.23. The van der Waals surface area contributed by atoms with Crippen LogP contribution in [0.5, 0.6) is 0 Å². The molecular formula is C15H26N4O9. The average molecular weight is 406 g/mol. The lowest BCUT2D eigenvalue weighted by Crippen LogP contribution is -2.59. The maximum atomic E-state index is 12.2. The number of rotatable bonds is 11. The smallest absolute Gasteiger partial charge is 0.328 e. The van der Waals surface area contributed by atoms with Crippen LogP contribution in [0.25, 0.3) is 0 Å². The van der Waals surface area contributed by atoms with Crippen LogP contribution in [-0.4, -0.2) is 86.5 Å². The molecule has 160 valence electrons. The number of hydrogen-bond acceptors (Lipinski definition) is 8. The van der Waals surface area contributed by atoms with Crippen molar-refractivity contribution in [3.8, 4) is 0 Å². The molecule has 28 heavy (non-hydrogen) atoms. The minimum atomic E-state index is -1.60. The zero-order chi connectivity index (χ0) is 22.2. The highest BCUT2D eigenvalue weighted by molar-refractivity contribution is 5.94. The molecule has 0 aliphatic carbocycles. The Kier molecular flexibility index (Phi) is 10.1. The molecule has 0 radical (unpaired) electrons. The second kappa shape index (κ2) is 11.2. The number of amides is 3. The van der Waals surface area contributed by atoms with E-state index in [-0.39, 0.29) is 0 Å². The molecule has 0 aromatic heterocycles. The lowest BCUT2D eigenvalue weighted by atomic mass is 10.1. The number of carbonyl (C=O) groups excluding carboxylic acids is 3. The van der Waals surface area contributed by atoms with Crippen molar-refractivity contribution in [2.24, 2.45) is 5.73 Å². The predicted molar refractivity (Wildman–Crippen MR) is 92.7 cm³/mol. The van der Waals surface area contributed by atoms with Crippen LogP contribution in [0.4, 0.5) is 0 Å². The van der Waals surface area contributed by atoms with Crippen LogP contribution >= 0.6 is 0 Å². The summed E-state index contributed by atoms with van der Waals surface area (Å²) in [6.45, 7) is 3.54. The van der Waals surface area contributed by atoms with Crippen molar-refractivity contribution < 1.29 is 44.4 Å². The lowest BCUT2D eigenvalue weighted by molar-refractivity contribution is -0.145. The Bertz CT molecular complexity index is 608. The van der Waals surface area contributed by atoms with Crippen LogP contribution in [0.3, 0.4) is 0 Å². The third-order valence-electron chi connectivity index (χ3n) is 3.59.